The van der Waals surface area contributed by atoms with Crippen LogP contribution in [0.25, 0.3) is 50.9 Å². The van der Waals surface area contributed by atoms with Crippen molar-refractivity contribution >= 4 is 56.8 Å². The van der Waals surface area contributed by atoms with Gasteiger partial charge >= 0.3 is 0 Å². The molecular formula is C43H55N5O8. The van der Waals surface area contributed by atoms with Crippen LogP contribution in [0.1, 0.15) is 84.2 Å². The average molecular weight is 770 g/mol. The molecule has 1 amide bonds. The van der Waals surface area contributed by atoms with Gasteiger partial charge in [0.1, 0.15) is 24.4 Å². The summed E-state index contributed by atoms with van der Waals surface area (Å²) in [7, 11) is 1.74. The third-order valence-electron chi connectivity index (χ3n) is 11.3. The van der Waals surface area contributed by atoms with E-state index in [0.717, 1.165) is 84.7 Å². The molecule has 0 spiro atoms. The number of carbonyl (C=O) groups is 1. The van der Waals surface area contributed by atoms with Crippen molar-refractivity contribution in [1.82, 2.24) is 24.8 Å². The molecular weight excluding hydrogens is 715 g/mol. The van der Waals surface area contributed by atoms with Crippen molar-refractivity contribution in [3.8, 4) is 0 Å². The Kier molecular flexibility index (Phi) is 12.8. The van der Waals surface area contributed by atoms with Gasteiger partial charge < -0.3 is 49.5 Å². The summed E-state index contributed by atoms with van der Waals surface area (Å²) in [6.07, 6.45) is -1.08. The van der Waals surface area contributed by atoms with Crippen LogP contribution in [0.5, 0.6) is 0 Å². The number of H-pyrrole nitrogens is 2. The Balaban J connectivity index is 1.21. The molecule has 56 heavy (non-hydrogen) atoms. The maximum Gasteiger partial charge on any atom is 0.222 e. The van der Waals surface area contributed by atoms with Crippen molar-refractivity contribution in [1.29, 1.82) is 0 Å². The lowest BCUT2D eigenvalue weighted by Crippen LogP contribution is -2.59. The van der Waals surface area contributed by atoms with Crippen LogP contribution in [0.2, 0.25) is 0 Å². The van der Waals surface area contributed by atoms with Crippen molar-refractivity contribution in [2.75, 3.05) is 40.0 Å². The van der Waals surface area contributed by atoms with Gasteiger partial charge in [0.25, 0.3) is 0 Å². The molecule has 0 saturated carbocycles. The fraction of sp³-hybridized carbons (Fsp3) is 0.465. The third-order valence-corrected chi connectivity index (χ3v) is 11.3. The summed E-state index contributed by atoms with van der Waals surface area (Å²) in [4.78, 5) is 32.7. The maximum atomic E-state index is 13.4. The van der Waals surface area contributed by atoms with E-state index in [0.29, 0.717) is 13.0 Å². The van der Waals surface area contributed by atoms with Gasteiger partial charge in [-0.1, -0.05) is 19.6 Å². The normalized spacial score (nSPS) is 21.1. The highest BCUT2D eigenvalue weighted by molar-refractivity contribution is 5.96. The van der Waals surface area contributed by atoms with Crippen LogP contribution in [0.3, 0.4) is 0 Å². The Morgan fingerprint density at radius 1 is 0.911 bits per heavy atom. The Hall–Kier alpha value is -4.47. The zero-order valence-corrected chi connectivity index (χ0v) is 33.4. The van der Waals surface area contributed by atoms with E-state index >= 15 is 0 Å². The fourth-order valence-corrected chi connectivity index (χ4v) is 7.62. The molecule has 0 radical (unpaired) electrons. The molecule has 0 unspecified atom stereocenters. The number of nitrogens with one attached hydrogen (secondary N) is 2. The van der Waals surface area contributed by atoms with E-state index in [4.69, 9.17) is 24.2 Å². The van der Waals surface area contributed by atoms with Crippen molar-refractivity contribution in [2.24, 2.45) is 0 Å². The number of amides is 1. The molecule has 0 aromatic carbocycles. The van der Waals surface area contributed by atoms with Crippen LogP contribution < -0.4 is 0 Å². The van der Waals surface area contributed by atoms with Crippen LogP contribution in [0.15, 0.2) is 24.8 Å². The molecule has 6 N–H and O–H groups in total. The highest BCUT2D eigenvalue weighted by Crippen LogP contribution is 2.37. The number of aromatic amines is 2. The third kappa shape index (κ3) is 8.16. The highest BCUT2D eigenvalue weighted by atomic mass is 16.7. The number of ether oxygens (including phenoxy) is 3. The lowest BCUT2D eigenvalue weighted by Gasteiger charge is -2.39. The van der Waals surface area contributed by atoms with E-state index in [9.17, 15) is 25.2 Å². The second-order valence-corrected chi connectivity index (χ2v) is 14.8. The fourth-order valence-electron chi connectivity index (χ4n) is 7.62. The van der Waals surface area contributed by atoms with Crippen LogP contribution in [0, 0.1) is 20.8 Å². The quantitative estimate of drug-likeness (QED) is 0.129. The molecule has 6 heterocycles. The first kappa shape index (κ1) is 41.2. The van der Waals surface area contributed by atoms with Gasteiger partial charge in [0.15, 0.2) is 6.29 Å². The van der Waals surface area contributed by atoms with E-state index in [1.165, 1.54) is 11.1 Å². The molecule has 0 aliphatic carbocycles. The Morgan fingerprint density at radius 2 is 1.62 bits per heavy atom. The number of aromatic nitrogens is 4. The molecule has 1 fully saturated rings. The molecule has 5 atom stereocenters. The number of hydrogen-bond acceptors (Lipinski definition) is 10. The van der Waals surface area contributed by atoms with Gasteiger partial charge in [-0.2, -0.15) is 0 Å². The number of allylic oxidation sites excluding steroid dienone is 3. The van der Waals surface area contributed by atoms with E-state index < -0.39 is 37.3 Å². The summed E-state index contributed by atoms with van der Waals surface area (Å²) in [5.74, 6) is -0.0402. The second kappa shape index (κ2) is 17.3. The van der Waals surface area contributed by atoms with Crippen LogP contribution in [0.4, 0.5) is 0 Å². The first-order valence-corrected chi connectivity index (χ1v) is 19.3. The summed E-state index contributed by atoms with van der Waals surface area (Å²) >= 11 is 0. The number of aliphatic hydroxyl groups excluding tert-OH is 4. The maximum absolute atomic E-state index is 13.4. The predicted octanol–water partition coefficient (Wildman–Crippen LogP) is 5.01. The Labute approximate surface area is 327 Å². The lowest BCUT2D eigenvalue weighted by atomic mass is 9.98. The van der Waals surface area contributed by atoms with Gasteiger partial charge in [0, 0.05) is 53.2 Å². The summed E-state index contributed by atoms with van der Waals surface area (Å²) in [6, 6.07) is 6.37. The molecule has 8 bridgehead atoms. The van der Waals surface area contributed by atoms with Gasteiger partial charge in [0.05, 0.1) is 49.2 Å². The molecule has 6 rings (SSSR count). The number of carbonyl (C=O) groups excluding carboxylic acids is 1. The van der Waals surface area contributed by atoms with Crippen LogP contribution in [-0.2, 0) is 25.4 Å². The molecule has 3 aliphatic rings. The largest absolute Gasteiger partial charge is 0.394 e. The topological polar surface area (TPSA) is 186 Å². The first-order valence-electron chi connectivity index (χ1n) is 19.3. The number of aliphatic hydroxyl groups is 4. The van der Waals surface area contributed by atoms with E-state index in [2.05, 4.69) is 75.4 Å². The minimum Gasteiger partial charge on any atom is -0.394 e. The van der Waals surface area contributed by atoms with Crippen molar-refractivity contribution < 1.29 is 39.4 Å². The first-order chi connectivity index (χ1) is 26.8. The predicted molar refractivity (Wildman–Crippen MR) is 218 cm³/mol. The number of hydrogen-bond donors (Lipinski definition) is 6. The molecule has 13 heteroatoms. The number of nitrogens with zero attached hydrogens (tertiary/aromatic N) is 3. The SMILES string of the molecule is C=Cc1c(C)c2cc3nc(c(C)c4nc(cc5[nH]c(cc1[nH]2)c(C)c5CC)C(C)=C4)C(CCC(=O)N(C)CCOCCO[C@@H]1O[C@H](CO)[C@@H](O)[C@H](O)[C@H]1O)=C3C. The van der Waals surface area contributed by atoms with Crippen LogP contribution in [-0.4, -0.2) is 122 Å². The standard InChI is InChI=1S/C43H55N5O8/c1-9-27-24(5)33-20-36-28(10-2)23(4)32(45-36)19-34-25(6)29(39(47-34)26(7)31-17-22(3)30(44-31)18-35(27)46-33)11-12-38(50)48(8)13-14-54-15-16-55-43-42(53)41(52)40(51)37(21-49)56-43/h10,17-20,37,40-43,45-46,49,51-53H,2,9,11-16,21H2,1,3-8H3/t37-,40-,41+,42-,43-/m1/s1. The average Bonchev–Trinajstić information content (AvgIpc) is 3.89. The molecule has 3 aromatic rings. The van der Waals surface area contributed by atoms with Gasteiger partial charge in [-0.3, -0.25) is 4.79 Å². The molecule has 300 valence electrons. The zero-order chi connectivity index (χ0) is 40.4. The molecule has 3 aromatic heterocycles. The van der Waals surface area contributed by atoms with Crippen molar-refractivity contribution in [3.05, 3.63) is 75.4 Å². The number of fused-ring (bicyclic) bond motifs is 8. The molecule has 1 saturated heterocycles. The lowest BCUT2D eigenvalue weighted by molar-refractivity contribution is -0.302. The summed E-state index contributed by atoms with van der Waals surface area (Å²) < 4.78 is 16.5. The van der Waals surface area contributed by atoms with Crippen molar-refractivity contribution in [2.45, 2.75) is 91.5 Å². The highest BCUT2D eigenvalue weighted by Gasteiger charge is 2.44. The Morgan fingerprint density at radius 3 is 2.34 bits per heavy atom. The van der Waals surface area contributed by atoms with Gasteiger partial charge in [-0.05, 0) is 105 Å². The number of aryl methyl sites for hydroxylation is 3. The van der Waals surface area contributed by atoms with Gasteiger partial charge in [0.2, 0.25) is 5.91 Å². The second-order valence-electron chi connectivity index (χ2n) is 14.8. The zero-order valence-electron chi connectivity index (χ0n) is 33.4. The molecule has 13 nitrogen and oxygen atoms in total. The summed E-state index contributed by atoms with van der Waals surface area (Å²) in [6.45, 7) is 17.0. The summed E-state index contributed by atoms with van der Waals surface area (Å²) in [5.41, 5.74) is 16.0. The van der Waals surface area contributed by atoms with E-state index in [-0.39, 0.29) is 32.1 Å². The minimum atomic E-state index is -1.51. The smallest absolute Gasteiger partial charge is 0.222 e. The van der Waals surface area contributed by atoms with Crippen molar-refractivity contribution in [3.63, 3.8) is 0 Å². The minimum absolute atomic E-state index is 0.0294. The van der Waals surface area contributed by atoms with Gasteiger partial charge in [-0.15, -0.1) is 0 Å². The number of rotatable bonds is 13. The van der Waals surface area contributed by atoms with Crippen LogP contribution >= 0.6 is 0 Å². The monoisotopic (exact) mass is 769 g/mol. The Bertz CT molecular complexity index is 2220. The number of likely N-dealkylation sites (N-methyl/N-ethyl adjacent to an activating group) is 1. The molecule has 3 aliphatic heterocycles. The van der Waals surface area contributed by atoms with E-state index in [1.54, 1.807) is 11.9 Å². The van der Waals surface area contributed by atoms with E-state index in [1.807, 2.05) is 13.0 Å². The van der Waals surface area contributed by atoms with Gasteiger partial charge in [-0.25, -0.2) is 9.97 Å². The summed E-state index contributed by atoms with van der Waals surface area (Å²) in [5, 5.41) is 39.4.